The van der Waals surface area contributed by atoms with Crippen molar-refractivity contribution in [2.75, 3.05) is 0 Å². The van der Waals surface area contributed by atoms with Crippen LogP contribution in [0.5, 0.6) is 0 Å². The first-order chi connectivity index (χ1) is 27.7. The number of rotatable bonds is 6. The molecule has 4 aromatic heterocycles. The highest BCUT2D eigenvalue weighted by molar-refractivity contribution is 7.26. The first kappa shape index (κ1) is 32.1. The third-order valence-corrected chi connectivity index (χ3v) is 11.3. The molecule has 0 aliphatic carbocycles. The summed E-state index contributed by atoms with van der Waals surface area (Å²) in [5, 5.41) is 3.11. The van der Waals surface area contributed by atoms with Crippen LogP contribution in [0.3, 0.4) is 0 Å². The SMILES string of the molecule is c1ccc(-c2cccc(-c3nc(-c4ccccc4)nc(-c4ccc5c(c4)oc4ccc(-c6nc(-c7ccccc7)c7sc8ccccc8c7n6)cc45)n3)c2)cc1. The molecule has 7 heteroatoms. The fourth-order valence-electron chi connectivity index (χ4n) is 7.39. The molecule has 0 radical (unpaired) electrons. The highest BCUT2D eigenvalue weighted by Crippen LogP contribution is 2.40. The van der Waals surface area contributed by atoms with Crippen LogP contribution in [0.2, 0.25) is 0 Å². The van der Waals surface area contributed by atoms with E-state index in [9.17, 15) is 0 Å². The second kappa shape index (κ2) is 13.2. The minimum atomic E-state index is 0.570. The van der Waals surface area contributed by atoms with E-state index in [0.717, 1.165) is 82.2 Å². The van der Waals surface area contributed by atoms with Gasteiger partial charge in [0, 0.05) is 48.7 Å². The van der Waals surface area contributed by atoms with Gasteiger partial charge in [-0.25, -0.2) is 24.9 Å². The third-order valence-electron chi connectivity index (χ3n) is 10.1. The van der Waals surface area contributed by atoms with Crippen LogP contribution in [0.25, 0.3) is 110 Å². The summed E-state index contributed by atoms with van der Waals surface area (Å²) in [6, 6.07) is 59.9. The largest absolute Gasteiger partial charge is 0.456 e. The minimum absolute atomic E-state index is 0.570. The van der Waals surface area contributed by atoms with Crippen molar-refractivity contribution in [3.05, 3.63) is 176 Å². The van der Waals surface area contributed by atoms with Gasteiger partial charge in [-0.15, -0.1) is 11.3 Å². The molecule has 262 valence electrons. The molecule has 6 nitrogen and oxygen atoms in total. The summed E-state index contributed by atoms with van der Waals surface area (Å²) in [6.07, 6.45) is 0. The fourth-order valence-corrected chi connectivity index (χ4v) is 8.54. The fraction of sp³-hybridized carbons (Fsp3) is 0. The zero-order valence-electron chi connectivity index (χ0n) is 29.8. The number of thiophene rings is 1. The van der Waals surface area contributed by atoms with E-state index in [1.54, 1.807) is 11.3 Å². The van der Waals surface area contributed by atoms with Gasteiger partial charge in [0.15, 0.2) is 23.3 Å². The molecule has 0 saturated heterocycles. The molecular weight excluding hydrogens is 707 g/mol. The molecule has 7 aromatic carbocycles. The molecule has 0 N–H and O–H groups in total. The van der Waals surface area contributed by atoms with Crippen molar-refractivity contribution in [3.8, 4) is 67.9 Å². The van der Waals surface area contributed by atoms with Gasteiger partial charge in [-0.2, -0.15) is 0 Å². The second-order valence-electron chi connectivity index (χ2n) is 13.7. The Bertz CT molecular complexity index is 3250. The van der Waals surface area contributed by atoms with E-state index < -0.39 is 0 Å². The van der Waals surface area contributed by atoms with Gasteiger partial charge in [0.25, 0.3) is 0 Å². The minimum Gasteiger partial charge on any atom is -0.456 e. The van der Waals surface area contributed by atoms with Crippen molar-refractivity contribution < 1.29 is 4.42 Å². The molecule has 0 aliphatic rings. The van der Waals surface area contributed by atoms with Crippen LogP contribution in [0.1, 0.15) is 0 Å². The van der Waals surface area contributed by atoms with Gasteiger partial charge in [0.1, 0.15) is 11.2 Å². The normalized spacial score (nSPS) is 11.6. The zero-order valence-corrected chi connectivity index (χ0v) is 30.6. The Hall–Kier alpha value is -7.35. The van der Waals surface area contributed by atoms with Crippen LogP contribution in [-0.4, -0.2) is 24.9 Å². The lowest BCUT2D eigenvalue weighted by Crippen LogP contribution is -2.00. The van der Waals surface area contributed by atoms with E-state index >= 15 is 0 Å². The topological polar surface area (TPSA) is 77.6 Å². The average Bonchev–Trinajstić information content (AvgIpc) is 3.84. The van der Waals surface area contributed by atoms with E-state index in [2.05, 4.69) is 91.0 Å². The molecule has 0 amide bonds. The van der Waals surface area contributed by atoms with Crippen LogP contribution < -0.4 is 0 Å². The van der Waals surface area contributed by atoms with Crippen molar-refractivity contribution in [1.82, 2.24) is 24.9 Å². The molecule has 11 rings (SSSR count). The van der Waals surface area contributed by atoms with Crippen LogP contribution in [0.15, 0.2) is 180 Å². The average molecular weight is 736 g/mol. The van der Waals surface area contributed by atoms with Gasteiger partial charge >= 0.3 is 0 Å². The molecular formula is C49H29N5OS. The van der Waals surface area contributed by atoms with E-state index in [1.807, 2.05) is 84.9 Å². The molecule has 0 aliphatic heterocycles. The number of benzene rings is 7. The van der Waals surface area contributed by atoms with Gasteiger partial charge in [0.2, 0.25) is 0 Å². The Morgan fingerprint density at radius 3 is 1.68 bits per heavy atom. The van der Waals surface area contributed by atoms with Crippen molar-refractivity contribution in [2.24, 2.45) is 0 Å². The Labute approximate surface area is 325 Å². The Kier molecular flexibility index (Phi) is 7.57. The lowest BCUT2D eigenvalue weighted by atomic mass is 10.0. The zero-order chi connectivity index (χ0) is 37.0. The van der Waals surface area contributed by atoms with E-state index in [1.165, 1.54) is 4.70 Å². The highest BCUT2D eigenvalue weighted by Gasteiger charge is 2.19. The molecule has 0 saturated carbocycles. The van der Waals surface area contributed by atoms with E-state index in [-0.39, 0.29) is 0 Å². The summed E-state index contributed by atoms with van der Waals surface area (Å²) in [7, 11) is 0. The molecule has 56 heavy (non-hydrogen) atoms. The molecule has 0 fully saturated rings. The monoisotopic (exact) mass is 735 g/mol. The van der Waals surface area contributed by atoms with Gasteiger partial charge in [-0.1, -0.05) is 133 Å². The quantitative estimate of drug-likeness (QED) is 0.169. The summed E-state index contributed by atoms with van der Waals surface area (Å²) in [5.41, 5.74) is 10.3. The predicted molar refractivity (Wildman–Crippen MR) is 228 cm³/mol. The van der Waals surface area contributed by atoms with Crippen LogP contribution in [0, 0.1) is 0 Å². The van der Waals surface area contributed by atoms with E-state index in [0.29, 0.717) is 23.3 Å². The third kappa shape index (κ3) is 5.61. The van der Waals surface area contributed by atoms with Crippen LogP contribution >= 0.6 is 11.3 Å². The standard InChI is InChI=1S/C49H29N5OS/c1-4-13-30(14-5-1)33-19-12-20-34(27-33)48-52-46(32-17-8-3-9-18-32)53-49(54-48)36-23-25-37-39-28-35(24-26-40(39)55-41(37)29-36)47-50-43(31-15-6-2-7-16-31)45-44(51-47)38-21-10-11-22-42(38)56-45/h1-29H. The van der Waals surface area contributed by atoms with Crippen molar-refractivity contribution in [3.63, 3.8) is 0 Å². The van der Waals surface area contributed by atoms with Gasteiger partial charge in [-0.05, 0) is 53.6 Å². The second-order valence-corrected chi connectivity index (χ2v) is 14.7. The lowest BCUT2D eigenvalue weighted by molar-refractivity contribution is 0.669. The van der Waals surface area contributed by atoms with Crippen molar-refractivity contribution in [2.45, 2.75) is 0 Å². The first-order valence-electron chi connectivity index (χ1n) is 18.4. The Morgan fingerprint density at radius 1 is 0.339 bits per heavy atom. The number of nitrogens with zero attached hydrogens (tertiary/aromatic N) is 5. The highest BCUT2D eigenvalue weighted by atomic mass is 32.1. The lowest BCUT2D eigenvalue weighted by Gasteiger charge is -2.09. The predicted octanol–water partition coefficient (Wildman–Crippen LogP) is 12.9. The summed E-state index contributed by atoms with van der Waals surface area (Å²) >= 11 is 1.74. The van der Waals surface area contributed by atoms with E-state index in [4.69, 9.17) is 29.3 Å². The first-order valence-corrected chi connectivity index (χ1v) is 19.2. The Morgan fingerprint density at radius 2 is 0.911 bits per heavy atom. The number of furan rings is 1. The summed E-state index contributed by atoms with van der Waals surface area (Å²) in [4.78, 5) is 25.4. The molecule has 0 unspecified atom stereocenters. The van der Waals surface area contributed by atoms with Crippen molar-refractivity contribution >= 4 is 53.6 Å². The molecule has 0 atom stereocenters. The molecule has 0 spiro atoms. The van der Waals surface area contributed by atoms with Crippen molar-refractivity contribution in [1.29, 1.82) is 0 Å². The summed E-state index contributed by atoms with van der Waals surface area (Å²) < 4.78 is 8.78. The van der Waals surface area contributed by atoms with Gasteiger partial charge in [0.05, 0.1) is 15.9 Å². The maximum atomic E-state index is 6.50. The maximum Gasteiger partial charge on any atom is 0.164 e. The molecule has 11 aromatic rings. The Balaban J connectivity index is 1.03. The van der Waals surface area contributed by atoms with Gasteiger partial charge < -0.3 is 4.42 Å². The number of hydrogen-bond donors (Lipinski definition) is 0. The number of aromatic nitrogens is 5. The maximum absolute atomic E-state index is 6.50. The molecule has 4 heterocycles. The summed E-state index contributed by atoms with van der Waals surface area (Å²) in [5.74, 6) is 2.46. The number of hydrogen-bond acceptors (Lipinski definition) is 7. The summed E-state index contributed by atoms with van der Waals surface area (Å²) in [6.45, 7) is 0. The molecule has 0 bridgehead atoms. The smallest absolute Gasteiger partial charge is 0.164 e. The van der Waals surface area contributed by atoms with Crippen LogP contribution in [-0.2, 0) is 0 Å². The van der Waals surface area contributed by atoms with Gasteiger partial charge in [-0.3, -0.25) is 0 Å². The van der Waals surface area contributed by atoms with Crippen LogP contribution in [0.4, 0.5) is 0 Å². The number of fused-ring (bicyclic) bond motifs is 6.